The molecule has 0 spiro atoms. The molecule has 2 nitrogen and oxygen atoms in total. The minimum atomic E-state index is 0.298. The Labute approximate surface area is 93.5 Å². The van der Waals surface area contributed by atoms with Crippen molar-refractivity contribution < 1.29 is 0 Å². The summed E-state index contributed by atoms with van der Waals surface area (Å²) in [6.07, 6.45) is 9.98. The maximum absolute atomic E-state index is 3.80. The second-order valence-electron chi connectivity index (χ2n) is 3.22. The first-order valence-electron chi connectivity index (χ1n) is 5.22. The first-order chi connectivity index (χ1) is 7.21. The van der Waals surface area contributed by atoms with Crippen molar-refractivity contribution in [1.82, 2.24) is 10.6 Å². The zero-order valence-electron chi connectivity index (χ0n) is 10.2. The topological polar surface area (TPSA) is 24.1 Å². The van der Waals surface area contributed by atoms with Gasteiger partial charge >= 0.3 is 0 Å². The number of hydrogen-bond donors (Lipinski definition) is 2. The molecule has 0 radical (unpaired) electrons. The van der Waals surface area contributed by atoms with Crippen LogP contribution in [0.1, 0.15) is 13.8 Å². The molecule has 0 saturated heterocycles. The molecule has 15 heavy (non-hydrogen) atoms. The normalized spacial score (nSPS) is 15.5. The van der Waals surface area contributed by atoms with Gasteiger partial charge in [0.15, 0.2) is 0 Å². The van der Waals surface area contributed by atoms with Crippen molar-refractivity contribution in [3.63, 3.8) is 0 Å². The van der Waals surface area contributed by atoms with Gasteiger partial charge in [-0.2, -0.15) is 0 Å². The first kappa shape index (κ1) is 13.7. The number of hydrogen-bond acceptors (Lipinski definition) is 2. The second-order valence-corrected chi connectivity index (χ2v) is 3.22. The smallest absolute Gasteiger partial charge is 0.0380 e. The van der Waals surface area contributed by atoms with Gasteiger partial charge in [0.1, 0.15) is 0 Å². The maximum atomic E-state index is 3.80. The lowest BCUT2D eigenvalue weighted by atomic mass is 10.1. The molecule has 0 aliphatic rings. The third-order valence-corrected chi connectivity index (χ3v) is 2.26. The van der Waals surface area contributed by atoms with Crippen molar-refractivity contribution in [2.24, 2.45) is 0 Å². The van der Waals surface area contributed by atoms with E-state index >= 15 is 0 Å². The van der Waals surface area contributed by atoms with Gasteiger partial charge in [-0.1, -0.05) is 30.9 Å². The Hall–Kier alpha value is -1.28. The fourth-order valence-corrected chi connectivity index (χ4v) is 1.26. The summed E-state index contributed by atoms with van der Waals surface area (Å²) in [6, 6.07) is 0.298. The quantitative estimate of drug-likeness (QED) is 0.652. The van der Waals surface area contributed by atoms with Crippen molar-refractivity contribution in [2.45, 2.75) is 19.9 Å². The van der Waals surface area contributed by atoms with Crippen LogP contribution in [-0.2, 0) is 0 Å². The Morgan fingerprint density at radius 2 is 1.93 bits per heavy atom. The van der Waals surface area contributed by atoms with E-state index in [1.807, 2.05) is 45.3 Å². The zero-order valence-corrected chi connectivity index (χ0v) is 10.2. The summed E-state index contributed by atoms with van der Waals surface area (Å²) in [4.78, 5) is 0. The van der Waals surface area contributed by atoms with Crippen LogP contribution in [0.3, 0.4) is 0 Å². The van der Waals surface area contributed by atoms with Gasteiger partial charge in [-0.15, -0.1) is 0 Å². The summed E-state index contributed by atoms with van der Waals surface area (Å²) in [5.74, 6) is 0. The van der Waals surface area contributed by atoms with Crippen LogP contribution in [-0.4, -0.2) is 20.1 Å². The van der Waals surface area contributed by atoms with Gasteiger partial charge in [-0.05, 0) is 32.5 Å². The molecule has 0 aromatic heterocycles. The van der Waals surface area contributed by atoms with Crippen LogP contribution in [0, 0.1) is 0 Å². The Morgan fingerprint density at radius 3 is 2.33 bits per heavy atom. The molecule has 0 aliphatic carbocycles. The summed E-state index contributed by atoms with van der Waals surface area (Å²) >= 11 is 0. The van der Waals surface area contributed by atoms with Crippen molar-refractivity contribution in [2.75, 3.05) is 14.1 Å². The van der Waals surface area contributed by atoms with Crippen LogP contribution in [0.15, 0.2) is 48.2 Å². The van der Waals surface area contributed by atoms with Gasteiger partial charge in [0.05, 0.1) is 0 Å². The lowest BCUT2D eigenvalue weighted by Gasteiger charge is -2.15. The lowest BCUT2D eigenvalue weighted by molar-refractivity contribution is 0.694. The number of rotatable bonds is 6. The molecule has 84 valence electrons. The molecule has 0 fully saturated rings. The molecular formula is C13H22N2. The first-order valence-corrected chi connectivity index (χ1v) is 5.22. The predicted octanol–water partition coefficient (Wildman–Crippen LogP) is 2.39. The largest absolute Gasteiger partial charge is 0.388 e. The predicted molar refractivity (Wildman–Crippen MR) is 68.8 cm³/mol. The monoisotopic (exact) mass is 206 g/mol. The van der Waals surface area contributed by atoms with E-state index in [1.165, 1.54) is 5.57 Å². The highest BCUT2D eigenvalue weighted by Gasteiger charge is 2.06. The van der Waals surface area contributed by atoms with Gasteiger partial charge < -0.3 is 10.6 Å². The maximum Gasteiger partial charge on any atom is 0.0380 e. The Balaban J connectivity index is 5.02. The Bertz CT molecular complexity index is 272. The van der Waals surface area contributed by atoms with Crippen LogP contribution in [0.4, 0.5) is 0 Å². The molecule has 0 aliphatic heterocycles. The van der Waals surface area contributed by atoms with E-state index in [0.29, 0.717) is 6.04 Å². The molecule has 0 heterocycles. The van der Waals surface area contributed by atoms with Crippen LogP contribution in [0.25, 0.3) is 0 Å². The van der Waals surface area contributed by atoms with Crippen LogP contribution in [0.2, 0.25) is 0 Å². The molecule has 0 aromatic carbocycles. The molecule has 1 unspecified atom stereocenters. The molecule has 2 N–H and O–H groups in total. The summed E-state index contributed by atoms with van der Waals surface area (Å²) < 4.78 is 0. The molecule has 2 heteroatoms. The van der Waals surface area contributed by atoms with Gasteiger partial charge in [-0.25, -0.2) is 0 Å². The standard InChI is InChI=1S/C13H22N2/c1-6-8-9-10-12(11(3)14-4)13(7-2)15-5/h6-11,14-15H,2H2,1,3-5H3/b8-6-,10-9-,13-12-. The van der Waals surface area contributed by atoms with E-state index in [1.54, 1.807) is 0 Å². The molecule has 0 saturated carbocycles. The summed E-state index contributed by atoms with van der Waals surface area (Å²) in [6.45, 7) is 7.92. The fourth-order valence-electron chi connectivity index (χ4n) is 1.26. The van der Waals surface area contributed by atoms with Gasteiger partial charge in [0, 0.05) is 18.8 Å². The van der Waals surface area contributed by atoms with Crippen molar-refractivity contribution >= 4 is 0 Å². The van der Waals surface area contributed by atoms with Crippen molar-refractivity contribution in [3.05, 3.63) is 48.2 Å². The highest BCUT2D eigenvalue weighted by molar-refractivity contribution is 5.35. The Kier molecular flexibility index (Phi) is 7.38. The van der Waals surface area contributed by atoms with E-state index in [0.717, 1.165) is 5.70 Å². The second kappa shape index (κ2) is 8.06. The zero-order chi connectivity index (χ0) is 11.7. The third-order valence-electron chi connectivity index (χ3n) is 2.26. The van der Waals surface area contributed by atoms with E-state index in [2.05, 4.69) is 30.2 Å². The molecule has 0 amide bonds. The third kappa shape index (κ3) is 4.66. The van der Waals surface area contributed by atoms with Gasteiger partial charge in [-0.3, -0.25) is 0 Å². The average Bonchev–Trinajstić information content (AvgIpc) is 2.27. The fraction of sp³-hybridized carbons (Fsp3) is 0.385. The SMILES string of the molecule is C=C\C(NC)=C(/C=C\C=C/C)C(C)NC. The average molecular weight is 206 g/mol. The van der Waals surface area contributed by atoms with Gasteiger partial charge in [0.2, 0.25) is 0 Å². The molecule has 0 bridgehead atoms. The van der Waals surface area contributed by atoms with Crippen molar-refractivity contribution in [3.8, 4) is 0 Å². The number of allylic oxidation sites excluding steroid dienone is 4. The number of likely N-dealkylation sites (N-methyl/N-ethyl adjacent to an activating group) is 2. The Morgan fingerprint density at radius 1 is 1.27 bits per heavy atom. The van der Waals surface area contributed by atoms with Crippen LogP contribution in [0.5, 0.6) is 0 Å². The van der Waals surface area contributed by atoms with E-state index in [9.17, 15) is 0 Å². The summed E-state index contributed by atoms with van der Waals surface area (Å²) in [5.41, 5.74) is 2.26. The highest BCUT2D eigenvalue weighted by Crippen LogP contribution is 2.09. The minimum Gasteiger partial charge on any atom is -0.388 e. The summed E-state index contributed by atoms with van der Waals surface area (Å²) in [7, 11) is 3.85. The minimum absolute atomic E-state index is 0.298. The molecule has 0 aromatic rings. The van der Waals surface area contributed by atoms with Crippen LogP contribution < -0.4 is 10.6 Å². The molecule has 0 rings (SSSR count). The molecule has 1 atom stereocenters. The number of nitrogens with one attached hydrogen (secondary N) is 2. The highest BCUT2D eigenvalue weighted by atomic mass is 14.9. The van der Waals surface area contributed by atoms with E-state index in [4.69, 9.17) is 0 Å². The van der Waals surface area contributed by atoms with E-state index < -0.39 is 0 Å². The lowest BCUT2D eigenvalue weighted by Crippen LogP contribution is -2.25. The van der Waals surface area contributed by atoms with Crippen LogP contribution >= 0.6 is 0 Å². The molecular weight excluding hydrogens is 184 g/mol. The summed E-state index contributed by atoms with van der Waals surface area (Å²) in [5, 5.41) is 6.36. The van der Waals surface area contributed by atoms with Gasteiger partial charge in [0.25, 0.3) is 0 Å². The van der Waals surface area contributed by atoms with Crippen molar-refractivity contribution in [1.29, 1.82) is 0 Å². The van der Waals surface area contributed by atoms with E-state index in [-0.39, 0.29) is 0 Å².